The Morgan fingerprint density at radius 1 is 1.00 bits per heavy atom. The number of phosphoric ester groups is 1. The Morgan fingerprint density at radius 3 is 2.08 bits per heavy atom. The third-order valence-corrected chi connectivity index (χ3v) is 3.61. The summed E-state index contributed by atoms with van der Waals surface area (Å²) >= 11 is 0. The van der Waals surface area contributed by atoms with Gasteiger partial charge in [-0.2, -0.15) is 0 Å². The first kappa shape index (κ1) is 22.2. The Hall–Kier alpha value is -1.86. The minimum atomic E-state index is -4.39. The molecular weight excluding hydrogens is 363 g/mol. The molecule has 0 saturated carbocycles. The van der Waals surface area contributed by atoms with Gasteiger partial charge >= 0.3 is 13.8 Å². The first-order chi connectivity index (χ1) is 12.4. The van der Waals surface area contributed by atoms with Crippen LogP contribution in [0, 0.1) is 0 Å². The van der Waals surface area contributed by atoms with E-state index in [2.05, 4.69) is 11.1 Å². The first-order valence-electron chi connectivity index (χ1n) is 8.25. The van der Waals surface area contributed by atoms with Crippen LogP contribution >= 0.6 is 7.82 Å². The van der Waals surface area contributed by atoms with Gasteiger partial charge in [-0.3, -0.25) is 4.52 Å². The van der Waals surface area contributed by atoms with Gasteiger partial charge in [0, 0.05) is 12.1 Å². The highest BCUT2D eigenvalue weighted by Gasteiger charge is 2.12. The highest BCUT2D eigenvalue weighted by molar-refractivity contribution is 7.46. The fourth-order valence-electron chi connectivity index (χ4n) is 1.86. The Labute approximate surface area is 153 Å². The van der Waals surface area contributed by atoms with Crippen molar-refractivity contribution in [3.8, 4) is 11.5 Å². The van der Waals surface area contributed by atoms with E-state index in [0.717, 1.165) is 12.5 Å². The van der Waals surface area contributed by atoms with Crippen molar-refractivity contribution in [1.29, 1.82) is 0 Å². The number of unbranched alkanes of at least 4 members (excludes halogenated alkanes) is 2. The minimum absolute atomic E-state index is 0.0150. The largest absolute Gasteiger partial charge is 0.493 e. The second kappa shape index (κ2) is 12.5. The molecule has 0 unspecified atom stereocenters. The summed E-state index contributed by atoms with van der Waals surface area (Å²) in [5, 5.41) is 0. The summed E-state index contributed by atoms with van der Waals surface area (Å²) < 4.78 is 30.9. The number of carbonyl (C=O) groups excluding carboxylic acids is 1. The van der Waals surface area contributed by atoms with Crippen molar-refractivity contribution in [2.45, 2.75) is 25.7 Å². The van der Waals surface area contributed by atoms with Crippen LogP contribution in [0.3, 0.4) is 0 Å². The monoisotopic (exact) mass is 388 g/mol. The number of benzene rings is 1. The molecule has 0 aliphatic carbocycles. The summed E-state index contributed by atoms with van der Waals surface area (Å²) in [6.45, 7) is 4.54. The second-order valence-corrected chi connectivity index (χ2v) is 6.52. The van der Waals surface area contributed by atoms with Crippen molar-refractivity contribution in [1.82, 2.24) is 0 Å². The topological polar surface area (TPSA) is 112 Å². The lowest BCUT2D eigenvalue weighted by atomic mass is 10.3. The Kier molecular flexibility index (Phi) is 10.7. The minimum Gasteiger partial charge on any atom is -0.493 e. The number of phosphoric acid groups is 1. The molecule has 0 atom stereocenters. The van der Waals surface area contributed by atoms with Crippen LogP contribution in [0.15, 0.2) is 36.9 Å². The molecule has 0 aromatic heterocycles. The van der Waals surface area contributed by atoms with Gasteiger partial charge < -0.3 is 24.0 Å². The SMILES string of the molecule is C=CC(=O)OCCCCOc1cccc(OCCCCOP(=O)(O)O)c1. The second-order valence-electron chi connectivity index (χ2n) is 5.28. The van der Waals surface area contributed by atoms with Crippen LogP contribution in [-0.4, -0.2) is 42.2 Å². The molecule has 0 radical (unpaired) electrons. The van der Waals surface area contributed by atoms with E-state index < -0.39 is 13.8 Å². The number of carbonyl (C=O) groups is 1. The van der Waals surface area contributed by atoms with Crippen LogP contribution in [0.2, 0.25) is 0 Å². The van der Waals surface area contributed by atoms with Crippen LogP contribution < -0.4 is 9.47 Å². The molecule has 26 heavy (non-hydrogen) atoms. The van der Waals surface area contributed by atoms with Gasteiger partial charge in [0.2, 0.25) is 0 Å². The molecule has 0 spiro atoms. The number of ether oxygens (including phenoxy) is 3. The third kappa shape index (κ3) is 11.7. The lowest BCUT2D eigenvalue weighted by Gasteiger charge is -2.10. The maximum absolute atomic E-state index is 10.9. The van der Waals surface area contributed by atoms with Gasteiger partial charge in [0.25, 0.3) is 0 Å². The van der Waals surface area contributed by atoms with Crippen molar-refractivity contribution in [3.63, 3.8) is 0 Å². The zero-order chi connectivity index (χ0) is 19.3. The number of hydrogen-bond donors (Lipinski definition) is 2. The maximum atomic E-state index is 10.9. The first-order valence-corrected chi connectivity index (χ1v) is 9.78. The highest BCUT2D eigenvalue weighted by Crippen LogP contribution is 2.35. The highest BCUT2D eigenvalue weighted by atomic mass is 31.2. The summed E-state index contributed by atoms with van der Waals surface area (Å²) in [7, 11) is -4.39. The van der Waals surface area contributed by atoms with E-state index in [4.69, 9.17) is 24.0 Å². The lowest BCUT2D eigenvalue weighted by molar-refractivity contribution is -0.137. The van der Waals surface area contributed by atoms with Gasteiger partial charge in [0.1, 0.15) is 11.5 Å². The summed E-state index contributed by atoms with van der Waals surface area (Å²) in [5.74, 6) is 0.901. The van der Waals surface area contributed by atoms with Gasteiger partial charge in [-0.15, -0.1) is 0 Å². The van der Waals surface area contributed by atoms with E-state index >= 15 is 0 Å². The summed E-state index contributed by atoms with van der Waals surface area (Å²) in [6.07, 6.45) is 3.67. The molecule has 146 valence electrons. The van der Waals surface area contributed by atoms with E-state index in [1.54, 1.807) is 12.1 Å². The summed E-state index contributed by atoms with van der Waals surface area (Å²) in [5.41, 5.74) is 0. The third-order valence-electron chi connectivity index (χ3n) is 3.09. The molecule has 0 aliphatic rings. The quantitative estimate of drug-likeness (QED) is 0.217. The molecule has 9 heteroatoms. The normalized spacial score (nSPS) is 11.0. The van der Waals surface area contributed by atoms with Crippen molar-refractivity contribution in [3.05, 3.63) is 36.9 Å². The molecule has 2 N–H and O–H groups in total. The van der Waals surface area contributed by atoms with E-state index in [1.807, 2.05) is 12.1 Å². The Morgan fingerprint density at radius 2 is 1.54 bits per heavy atom. The summed E-state index contributed by atoms with van der Waals surface area (Å²) in [4.78, 5) is 28.0. The lowest BCUT2D eigenvalue weighted by Crippen LogP contribution is -2.04. The van der Waals surface area contributed by atoms with Gasteiger partial charge in [0.05, 0.1) is 26.4 Å². The van der Waals surface area contributed by atoms with Crippen LogP contribution in [0.1, 0.15) is 25.7 Å². The molecule has 0 aliphatic heterocycles. The average Bonchev–Trinajstić information content (AvgIpc) is 2.60. The Balaban J connectivity index is 2.15. The fraction of sp³-hybridized carbons (Fsp3) is 0.471. The van der Waals surface area contributed by atoms with Crippen LogP contribution in [0.25, 0.3) is 0 Å². The fourth-order valence-corrected chi connectivity index (χ4v) is 2.22. The zero-order valence-corrected chi connectivity index (χ0v) is 15.4. The molecule has 8 nitrogen and oxygen atoms in total. The van der Waals surface area contributed by atoms with Gasteiger partial charge in [0.15, 0.2) is 0 Å². The predicted molar refractivity (Wildman–Crippen MR) is 95.1 cm³/mol. The van der Waals surface area contributed by atoms with Gasteiger partial charge in [-0.1, -0.05) is 12.6 Å². The van der Waals surface area contributed by atoms with Crippen molar-refractivity contribution < 1.29 is 37.9 Å². The number of hydrogen-bond acceptors (Lipinski definition) is 6. The molecular formula is C17H25O8P. The van der Waals surface area contributed by atoms with E-state index in [1.165, 1.54) is 0 Å². The maximum Gasteiger partial charge on any atom is 0.469 e. The van der Waals surface area contributed by atoms with Crippen LogP contribution in [0.4, 0.5) is 0 Å². The molecule has 1 rings (SSSR count). The predicted octanol–water partition coefficient (Wildman–Crippen LogP) is 2.84. The van der Waals surface area contributed by atoms with Crippen molar-refractivity contribution in [2.75, 3.05) is 26.4 Å². The van der Waals surface area contributed by atoms with E-state index in [0.29, 0.717) is 50.6 Å². The molecule has 1 aromatic rings. The van der Waals surface area contributed by atoms with E-state index in [-0.39, 0.29) is 6.61 Å². The average molecular weight is 388 g/mol. The standard InChI is InChI=1S/C17H25O8P/c1-2-17(18)24-12-4-3-10-22-15-8-7-9-16(14-15)23-11-5-6-13-25-26(19,20)21/h2,7-9,14H,1,3-6,10-13H2,(H2,19,20,21). The van der Waals surface area contributed by atoms with Crippen LogP contribution in [0.5, 0.6) is 11.5 Å². The molecule has 0 saturated heterocycles. The molecule has 1 aromatic carbocycles. The van der Waals surface area contributed by atoms with E-state index in [9.17, 15) is 9.36 Å². The zero-order valence-electron chi connectivity index (χ0n) is 14.5. The van der Waals surface area contributed by atoms with Crippen LogP contribution in [-0.2, 0) is 18.6 Å². The number of rotatable bonds is 14. The number of esters is 1. The molecule has 0 fully saturated rings. The molecule has 0 bridgehead atoms. The smallest absolute Gasteiger partial charge is 0.469 e. The Bertz CT molecular complexity index is 598. The van der Waals surface area contributed by atoms with Crippen molar-refractivity contribution in [2.24, 2.45) is 0 Å². The summed E-state index contributed by atoms with van der Waals surface area (Å²) in [6, 6.07) is 7.20. The molecule has 0 heterocycles. The van der Waals surface area contributed by atoms with Gasteiger partial charge in [-0.05, 0) is 37.8 Å². The van der Waals surface area contributed by atoms with Gasteiger partial charge in [-0.25, -0.2) is 9.36 Å². The molecule has 0 amide bonds. The van der Waals surface area contributed by atoms with Crippen molar-refractivity contribution >= 4 is 13.8 Å².